The van der Waals surface area contributed by atoms with Crippen LogP contribution in [-0.4, -0.2) is 74.2 Å². The Morgan fingerprint density at radius 1 is 0.550 bits per heavy atom. The zero-order valence-electron chi connectivity index (χ0n) is 24.6. The fraction of sp³-hybridized carbons (Fsp3) is 0.562. The molecule has 4 N–H and O–H groups in total. The summed E-state index contributed by atoms with van der Waals surface area (Å²) in [4.78, 5) is 27.6. The number of hydrogen-bond acceptors (Lipinski definition) is 4. The first-order valence-electron chi connectivity index (χ1n) is 14.7. The summed E-state index contributed by atoms with van der Waals surface area (Å²) in [5, 5.41) is 12.1. The number of carbonyl (C=O) groups excluding carboxylic acids is 2. The Kier molecular flexibility index (Phi) is 7.86. The summed E-state index contributed by atoms with van der Waals surface area (Å²) < 4.78 is 0. The van der Waals surface area contributed by atoms with Crippen LogP contribution in [0.1, 0.15) is 65.3 Å². The maximum Gasteiger partial charge on any atom is 0.315 e. The summed E-state index contributed by atoms with van der Waals surface area (Å²) in [6.07, 6.45) is 8.41. The molecule has 0 atom stereocenters. The summed E-state index contributed by atoms with van der Waals surface area (Å²) >= 11 is 0. The zero-order chi connectivity index (χ0) is 28.4. The molecule has 2 aliphatic carbocycles. The van der Waals surface area contributed by atoms with E-state index in [1.54, 1.807) is 0 Å². The van der Waals surface area contributed by atoms with Gasteiger partial charge < -0.3 is 21.3 Å². The lowest BCUT2D eigenvalue weighted by Gasteiger charge is -2.48. The van der Waals surface area contributed by atoms with Crippen molar-refractivity contribution in [2.75, 3.05) is 41.3 Å². The third-order valence-electron chi connectivity index (χ3n) is 10.3. The van der Waals surface area contributed by atoms with E-state index in [1.807, 2.05) is 0 Å². The summed E-state index contributed by atoms with van der Waals surface area (Å²) in [6.45, 7) is 1.54. The highest BCUT2D eigenvalue weighted by molar-refractivity contribution is 5.78. The van der Waals surface area contributed by atoms with Crippen LogP contribution in [0.2, 0.25) is 0 Å². The van der Waals surface area contributed by atoms with Crippen LogP contribution in [0.3, 0.4) is 0 Å². The molecular formula is C32H50N6O2. The predicted octanol–water partition coefficient (Wildman–Crippen LogP) is 4.63. The summed E-state index contributed by atoms with van der Waals surface area (Å²) in [6, 6.07) is 21.5. The van der Waals surface area contributed by atoms with Gasteiger partial charge in [-0.2, -0.15) is 0 Å². The van der Waals surface area contributed by atoms with Crippen LogP contribution in [0.15, 0.2) is 60.7 Å². The van der Waals surface area contributed by atoms with Crippen LogP contribution in [-0.2, 0) is 11.1 Å². The van der Waals surface area contributed by atoms with Gasteiger partial charge in [0.05, 0.1) is 11.1 Å². The Labute approximate surface area is 242 Å². The van der Waals surface area contributed by atoms with Crippen molar-refractivity contribution in [3.8, 4) is 0 Å². The van der Waals surface area contributed by atoms with Crippen molar-refractivity contribution >= 4 is 12.1 Å². The minimum Gasteiger partial charge on any atom is -0.336 e. The van der Waals surface area contributed by atoms with Crippen LogP contribution in [0.25, 0.3) is 0 Å². The first-order valence-corrected chi connectivity index (χ1v) is 14.7. The van der Waals surface area contributed by atoms with Crippen LogP contribution in [0.4, 0.5) is 9.59 Å². The third kappa shape index (κ3) is 5.31. The van der Waals surface area contributed by atoms with Gasteiger partial charge in [0.15, 0.2) is 0 Å². The fourth-order valence-electron chi connectivity index (χ4n) is 7.53. The molecule has 2 saturated heterocycles. The molecule has 2 heterocycles. The highest BCUT2D eigenvalue weighted by atomic mass is 16.2. The Balaban J connectivity index is 0.000000220. The van der Waals surface area contributed by atoms with Gasteiger partial charge >= 0.3 is 12.1 Å². The molecule has 6 rings (SSSR count). The Bertz CT molecular complexity index is 1080. The van der Waals surface area contributed by atoms with Crippen molar-refractivity contribution in [3.05, 3.63) is 71.8 Å². The molecule has 2 aliphatic heterocycles. The van der Waals surface area contributed by atoms with Crippen molar-refractivity contribution in [2.45, 2.75) is 73.5 Å². The smallest absolute Gasteiger partial charge is 0.315 e. The number of amides is 4. The molecule has 4 aliphatic rings. The first-order chi connectivity index (χ1) is 19.1. The Morgan fingerprint density at radius 2 is 0.875 bits per heavy atom. The summed E-state index contributed by atoms with van der Waals surface area (Å²) in [5.41, 5.74) is 2.92. The average Bonchev–Trinajstić information content (AvgIpc) is 3.52. The van der Waals surface area contributed by atoms with E-state index in [2.05, 4.69) is 120 Å². The second-order valence-electron chi connectivity index (χ2n) is 12.8. The van der Waals surface area contributed by atoms with Gasteiger partial charge in [0, 0.05) is 27.0 Å². The lowest BCUT2D eigenvalue weighted by Crippen LogP contribution is -2.53. The molecule has 0 bridgehead atoms. The Morgan fingerprint density at radius 3 is 1.12 bits per heavy atom. The molecule has 0 radical (unpaired) electrons. The van der Waals surface area contributed by atoms with Crippen LogP contribution >= 0.6 is 0 Å². The lowest BCUT2D eigenvalue weighted by atomic mass is 9.69. The number of hydrogen-bond donors (Lipinski definition) is 4. The SMILES string of the molecule is CN(C)C1(c2ccccc2)CCC2(CC1)CNC(=O)N2.CN(C)C1(c2ccccc2)CCC2(CC1)CNC(=O)N2.[HH].[HH]. The lowest BCUT2D eigenvalue weighted by molar-refractivity contribution is 0.0652. The highest BCUT2D eigenvalue weighted by Crippen LogP contribution is 2.46. The molecule has 0 unspecified atom stereocenters. The van der Waals surface area contributed by atoms with Gasteiger partial charge in [-0.1, -0.05) is 60.7 Å². The van der Waals surface area contributed by atoms with E-state index < -0.39 is 0 Å². The number of urea groups is 2. The molecule has 2 saturated carbocycles. The minimum absolute atomic E-state index is 0. The maximum absolute atomic E-state index is 11.4. The largest absolute Gasteiger partial charge is 0.336 e. The van der Waals surface area contributed by atoms with E-state index >= 15 is 0 Å². The molecule has 8 nitrogen and oxygen atoms in total. The van der Waals surface area contributed by atoms with Gasteiger partial charge in [0.1, 0.15) is 0 Å². The van der Waals surface area contributed by atoms with E-state index in [1.165, 1.54) is 11.1 Å². The van der Waals surface area contributed by atoms with Gasteiger partial charge in [0.2, 0.25) is 0 Å². The second-order valence-corrected chi connectivity index (χ2v) is 12.8. The first kappa shape index (κ1) is 28.4. The molecule has 8 heteroatoms. The normalized spacial score (nSPS) is 33.2. The average molecular weight is 551 g/mol. The highest BCUT2D eigenvalue weighted by Gasteiger charge is 2.49. The third-order valence-corrected chi connectivity index (χ3v) is 10.3. The van der Waals surface area contributed by atoms with Crippen LogP contribution in [0.5, 0.6) is 0 Å². The molecule has 220 valence electrons. The number of carbonyl (C=O) groups is 2. The summed E-state index contributed by atoms with van der Waals surface area (Å²) in [5.74, 6) is 0. The fourth-order valence-corrected chi connectivity index (χ4v) is 7.53. The minimum atomic E-state index is -0.0224. The molecule has 4 fully saturated rings. The Hall–Kier alpha value is -3.10. The summed E-state index contributed by atoms with van der Waals surface area (Å²) in [7, 11) is 8.65. The van der Waals surface area contributed by atoms with Gasteiger partial charge in [-0.25, -0.2) is 9.59 Å². The van der Waals surface area contributed by atoms with E-state index in [9.17, 15) is 9.59 Å². The molecule has 2 spiro atoms. The standard InChI is InChI=1S/2C16H23N3O.2H2/c2*1-19(2)16(13-6-4-3-5-7-13)10-8-15(9-11-16)12-17-14(20)18-15;;/h2*3-7H,8-12H2,1-2H3,(H2,17,18,20);2*1H. The van der Waals surface area contributed by atoms with E-state index in [4.69, 9.17) is 0 Å². The topological polar surface area (TPSA) is 88.7 Å². The van der Waals surface area contributed by atoms with Crippen molar-refractivity contribution < 1.29 is 12.4 Å². The molecular weight excluding hydrogens is 500 g/mol. The van der Waals surface area contributed by atoms with Crippen LogP contribution < -0.4 is 21.3 Å². The van der Waals surface area contributed by atoms with Crippen molar-refractivity contribution in [3.63, 3.8) is 0 Å². The second kappa shape index (κ2) is 11.1. The van der Waals surface area contributed by atoms with Crippen molar-refractivity contribution in [2.24, 2.45) is 0 Å². The number of nitrogens with one attached hydrogen (secondary N) is 4. The maximum atomic E-state index is 11.4. The number of rotatable bonds is 4. The number of benzene rings is 2. The number of nitrogens with zero attached hydrogens (tertiary/aromatic N) is 2. The van der Waals surface area contributed by atoms with Gasteiger partial charge in [-0.15, -0.1) is 0 Å². The zero-order valence-corrected chi connectivity index (χ0v) is 24.6. The monoisotopic (exact) mass is 550 g/mol. The predicted molar refractivity (Wildman–Crippen MR) is 163 cm³/mol. The van der Waals surface area contributed by atoms with E-state index in [-0.39, 0.29) is 37.1 Å². The van der Waals surface area contributed by atoms with Gasteiger partial charge in [-0.3, -0.25) is 9.80 Å². The quantitative estimate of drug-likeness (QED) is 0.447. The van der Waals surface area contributed by atoms with Crippen molar-refractivity contribution in [1.29, 1.82) is 0 Å². The molecule has 4 amide bonds. The molecule has 2 aromatic rings. The van der Waals surface area contributed by atoms with E-state index in [0.717, 1.165) is 64.5 Å². The van der Waals surface area contributed by atoms with Crippen LogP contribution in [0, 0.1) is 0 Å². The van der Waals surface area contributed by atoms with Gasteiger partial charge in [0.25, 0.3) is 0 Å². The molecule has 0 aromatic heterocycles. The van der Waals surface area contributed by atoms with E-state index in [0.29, 0.717) is 0 Å². The molecule has 2 aromatic carbocycles. The van der Waals surface area contributed by atoms with Crippen molar-refractivity contribution in [1.82, 2.24) is 31.1 Å². The van der Waals surface area contributed by atoms with Gasteiger partial charge in [-0.05, 0) is 90.7 Å². The molecule has 40 heavy (non-hydrogen) atoms.